The fraction of sp³-hybridized carbons (Fsp3) is 0.406. The Kier molecular flexibility index (Phi) is 10.8. The van der Waals surface area contributed by atoms with Gasteiger partial charge in [-0.1, -0.05) is 54.6 Å². The average molecular weight is 644 g/mol. The number of methoxy groups -OCH3 is 1. The zero-order valence-corrected chi connectivity index (χ0v) is 26.9. The van der Waals surface area contributed by atoms with Gasteiger partial charge in [0.2, 0.25) is 16.8 Å². The van der Waals surface area contributed by atoms with Gasteiger partial charge in [0.05, 0.1) is 18.3 Å². The fourth-order valence-electron chi connectivity index (χ4n) is 4.67. The summed E-state index contributed by atoms with van der Waals surface area (Å²) < 4.78 is 48.1. The number of esters is 3. The van der Waals surface area contributed by atoms with Crippen molar-refractivity contribution in [2.24, 2.45) is 5.41 Å². The van der Waals surface area contributed by atoms with E-state index >= 15 is 0 Å². The molecule has 236 valence electrons. The van der Waals surface area contributed by atoms with E-state index in [-0.39, 0.29) is 22.3 Å². The molecule has 0 atom stereocenters. The number of hydrogen-bond acceptors (Lipinski definition) is 10. The molecule has 2 aromatic carbocycles. The first-order valence-electron chi connectivity index (χ1n) is 14.2. The third-order valence-corrected chi connectivity index (χ3v) is 10.1. The van der Waals surface area contributed by atoms with Crippen LogP contribution in [0, 0.1) is 5.41 Å². The summed E-state index contributed by atoms with van der Waals surface area (Å²) in [5.41, 5.74) is 1.90. The number of thiophene rings is 1. The van der Waals surface area contributed by atoms with E-state index in [9.17, 15) is 22.8 Å². The second kappa shape index (κ2) is 14.4. The first-order chi connectivity index (χ1) is 20.9. The van der Waals surface area contributed by atoms with Crippen molar-refractivity contribution < 1.29 is 41.7 Å². The quantitative estimate of drug-likeness (QED) is 0.200. The lowest BCUT2D eigenvalue weighted by Crippen LogP contribution is -2.38. The number of piperidine rings is 1. The Morgan fingerprint density at radius 3 is 2.32 bits per heavy atom. The Hall–Kier alpha value is -3.74. The van der Waals surface area contributed by atoms with Crippen LogP contribution in [0.3, 0.4) is 0 Å². The normalized spacial score (nSPS) is 14.5. The molecule has 0 amide bonds. The molecule has 0 aliphatic carbocycles. The molecule has 44 heavy (non-hydrogen) atoms. The number of sulfonamides is 1. The second-order valence-electron chi connectivity index (χ2n) is 11.4. The Labute approximate surface area is 261 Å². The predicted molar refractivity (Wildman–Crippen MR) is 166 cm³/mol. The van der Waals surface area contributed by atoms with Crippen molar-refractivity contribution in [3.05, 3.63) is 76.7 Å². The first kappa shape index (κ1) is 33.2. The fourth-order valence-corrected chi connectivity index (χ4v) is 7.22. The second-order valence-corrected chi connectivity index (χ2v) is 14.5. The molecule has 10 nitrogen and oxygen atoms in total. The molecule has 4 rings (SSSR count). The van der Waals surface area contributed by atoms with Crippen molar-refractivity contribution in [3.8, 4) is 16.2 Å². The third-order valence-electron chi connectivity index (χ3n) is 7.13. The van der Waals surface area contributed by atoms with E-state index < -0.39 is 46.7 Å². The smallest absolute Gasteiger partial charge is 0.355 e. The number of carbonyl (C=O) groups is 3. The predicted octanol–water partition coefficient (Wildman–Crippen LogP) is 5.38. The van der Waals surface area contributed by atoms with Crippen LogP contribution in [-0.2, 0) is 39.6 Å². The van der Waals surface area contributed by atoms with Crippen molar-refractivity contribution in [2.75, 3.05) is 33.6 Å². The van der Waals surface area contributed by atoms with Crippen LogP contribution >= 0.6 is 11.3 Å². The van der Waals surface area contributed by atoms with Crippen LogP contribution < -0.4 is 4.74 Å². The zero-order chi connectivity index (χ0) is 31.9. The molecular formula is C32H37NO9S2. The maximum atomic E-state index is 13.0. The molecule has 1 saturated heterocycles. The summed E-state index contributed by atoms with van der Waals surface area (Å²) in [6, 6.07) is 18.7. The molecule has 1 aromatic heterocycles. The Balaban J connectivity index is 1.46. The van der Waals surface area contributed by atoms with Crippen molar-refractivity contribution in [3.63, 3.8) is 0 Å². The largest absolute Gasteiger partial charge is 0.480 e. The molecule has 3 aromatic rings. The van der Waals surface area contributed by atoms with Crippen LogP contribution in [0.15, 0.2) is 60.7 Å². The number of rotatable bonds is 11. The summed E-state index contributed by atoms with van der Waals surface area (Å²) >= 11 is 1.12. The highest BCUT2D eigenvalue weighted by molar-refractivity contribution is 7.88. The monoisotopic (exact) mass is 643 g/mol. The van der Waals surface area contributed by atoms with Gasteiger partial charge < -0.3 is 18.9 Å². The highest BCUT2D eigenvalue weighted by Crippen LogP contribution is 2.39. The van der Waals surface area contributed by atoms with Gasteiger partial charge in [0.15, 0.2) is 11.5 Å². The SMILES string of the molecule is COC(=O)COc1cc(-c2cccc(C3CCN(S(=O)(=O)Cc4ccccc4)CC3)c2)sc1C(=O)OCOC(=O)C(C)(C)C. The van der Waals surface area contributed by atoms with Gasteiger partial charge in [-0.3, -0.25) is 4.79 Å². The number of hydrogen-bond donors (Lipinski definition) is 0. The summed E-state index contributed by atoms with van der Waals surface area (Å²) in [6.45, 7) is 4.97. The van der Waals surface area contributed by atoms with Crippen LogP contribution in [0.2, 0.25) is 0 Å². The Bertz CT molecular complexity index is 1570. The van der Waals surface area contributed by atoms with E-state index in [1.807, 2.05) is 54.6 Å². The van der Waals surface area contributed by atoms with Crippen molar-refractivity contribution in [2.45, 2.75) is 45.3 Å². The van der Waals surface area contributed by atoms with E-state index in [0.717, 1.165) is 28.0 Å². The minimum atomic E-state index is -3.42. The van der Waals surface area contributed by atoms with Gasteiger partial charge in [-0.2, -0.15) is 0 Å². The maximum absolute atomic E-state index is 13.0. The number of benzene rings is 2. The maximum Gasteiger partial charge on any atom is 0.355 e. The highest BCUT2D eigenvalue weighted by Gasteiger charge is 2.29. The molecule has 0 saturated carbocycles. The van der Waals surface area contributed by atoms with E-state index in [1.165, 1.54) is 7.11 Å². The third kappa shape index (κ3) is 8.67. The summed E-state index contributed by atoms with van der Waals surface area (Å²) in [5.74, 6) is -1.61. The molecule has 0 bridgehead atoms. The topological polar surface area (TPSA) is 126 Å². The number of nitrogens with zero attached hydrogens (tertiary/aromatic N) is 1. The van der Waals surface area contributed by atoms with Crippen LogP contribution in [0.4, 0.5) is 0 Å². The summed E-state index contributed by atoms with van der Waals surface area (Å²) in [5, 5.41) is 0. The van der Waals surface area contributed by atoms with Gasteiger partial charge in [0.1, 0.15) is 5.75 Å². The van der Waals surface area contributed by atoms with Gasteiger partial charge in [0, 0.05) is 18.0 Å². The molecular weight excluding hydrogens is 606 g/mol. The van der Waals surface area contributed by atoms with Crippen LogP contribution in [0.25, 0.3) is 10.4 Å². The first-order valence-corrected chi connectivity index (χ1v) is 16.6. The minimum absolute atomic E-state index is 0.0173. The molecule has 0 radical (unpaired) electrons. The Morgan fingerprint density at radius 1 is 0.955 bits per heavy atom. The van der Waals surface area contributed by atoms with Crippen LogP contribution in [0.5, 0.6) is 5.75 Å². The summed E-state index contributed by atoms with van der Waals surface area (Å²) in [6.07, 6.45) is 1.36. The molecule has 0 N–H and O–H groups in total. The minimum Gasteiger partial charge on any atom is -0.480 e. The molecule has 1 aliphatic rings. The van der Waals surface area contributed by atoms with E-state index in [2.05, 4.69) is 4.74 Å². The Morgan fingerprint density at radius 2 is 1.66 bits per heavy atom. The molecule has 0 spiro atoms. The van der Waals surface area contributed by atoms with Gasteiger partial charge in [0.25, 0.3) is 0 Å². The standard InChI is InChI=1S/C32H37NO9S2/c1-32(2,3)31(36)42-21-41-30(35)29-26(40-19-28(34)39-4)18-27(43-29)25-12-8-11-24(17-25)23-13-15-33(16-14-23)44(37,38)20-22-9-6-5-7-10-22/h5-12,17-18,23H,13-16,19-21H2,1-4H3. The molecule has 1 fully saturated rings. The van der Waals surface area contributed by atoms with Crippen LogP contribution in [0.1, 0.15) is 60.3 Å². The lowest BCUT2D eigenvalue weighted by atomic mass is 9.89. The van der Waals surface area contributed by atoms with Gasteiger partial charge in [-0.15, -0.1) is 11.3 Å². The molecule has 1 aliphatic heterocycles. The number of carbonyl (C=O) groups excluding carboxylic acids is 3. The molecule has 12 heteroatoms. The van der Waals surface area contributed by atoms with Crippen molar-refractivity contribution in [1.29, 1.82) is 0 Å². The van der Waals surface area contributed by atoms with Gasteiger partial charge in [-0.25, -0.2) is 22.3 Å². The lowest BCUT2D eigenvalue weighted by Gasteiger charge is -2.31. The average Bonchev–Trinajstić information content (AvgIpc) is 3.44. The summed E-state index contributed by atoms with van der Waals surface area (Å²) in [4.78, 5) is 37.5. The van der Waals surface area contributed by atoms with Crippen LogP contribution in [-0.4, -0.2) is 64.2 Å². The summed E-state index contributed by atoms with van der Waals surface area (Å²) in [7, 11) is -2.18. The van der Waals surface area contributed by atoms with E-state index in [1.54, 1.807) is 31.1 Å². The van der Waals surface area contributed by atoms with Gasteiger partial charge in [-0.05, 0) is 62.3 Å². The lowest BCUT2D eigenvalue weighted by molar-refractivity contribution is -0.161. The van der Waals surface area contributed by atoms with Gasteiger partial charge >= 0.3 is 17.9 Å². The number of ether oxygens (including phenoxy) is 4. The van der Waals surface area contributed by atoms with Crippen molar-refractivity contribution in [1.82, 2.24) is 4.31 Å². The zero-order valence-electron chi connectivity index (χ0n) is 25.2. The van der Waals surface area contributed by atoms with E-state index in [0.29, 0.717) is 30.8 Å². The highest BCUT2D eigenvalue weighted by atomic mass is 32.2. The molecule has 0 unspecified atom stereocenters. The molecule has 2 heterocycles. The van der Waals surface area contributed by atoms with E-state index in [4.69, 9.17) is 14.2 Å². The van der Waals surface area contributed by atoms with Crippen molar-refractivity contribution >= 4 is 39.3 Å².